The van der Waals surface area contributed by atoms with Crippen molar-refractivity contribution in [1.29, 1.82) is 0 Å². The minimum absolute atomic E-state index is 0.0986. The van der Waals surface area contributed by atoms with Crippen LogP contribution >= 0.6 is 0 Å². The summed E-state index contributed by atoms with van der Waals surface area (Å²) in [6.07, 6.45) is 0. The van der Waals surface area contributed by atoms with Gasteiger partial charge >= 0.3 is 0 Å². The standard InChI is InChI=1S/C59H42N2/c1-59(2)51-26-10-5-23-50(51)58-49(25-15-27-52(58)59)47-22-9-12-29-54(47)60(55-32-16-24-44-42-18-4-3-17-39(42)35-38-48(44)55)41-36-33-40(34-37-41)43-19-6-11-28-53(43)61-56-30-13-7-20-45(56)46-21-8-14-31-57(46)61/h3-38H,1-2H3. The lowest BCUT2D eigenvalue weighted by atomic mass is 9.82. The number of fused-ring (bicyclic) bond motifs is 9. The van der Waals surface area contributed by atoms with Crippen molar-refractivity contribution in [2.45, 2.75) is 19.3 Å². The normalized spacial score (nSPS) is 12.9. The topological polar surface area (TPSA) is 8.17 Å². The molecule has 0 unspecified atom stereocenters. The van der Waals surface area contributed by atoms with Gasteiger partial charge in [0.15, 0.2) is 0 Å². The van der Waals surface area contributed by atoms with Crippen molar-refractivity contribution in [2.75, 3.05) is 4.90 Å². The molecule has 1 aliphatic carbocycles. The molecular weight excluding hydrogens is 737 g/mol. The van der Waals surface area contributed by atoms with Crippen molar-refractivity contribution in [2.24, 2.45) is 0 Å². The molecule has 12 rings (SSSR count). The van der Waals surface area contributed by atoms with E-state index in [-0.39, 0.29) is 5.41 Å². The zero-order chi connectivity index (χ0) is 40.7. The van der Waals surface area contributed by atoms with Gasteiger partial charge in [0.1, 0.15) is 0 Å². The number of para-hydroxylation sites is 4. The van der Waals surface area contributed by atoms with Gasteiger partial charge in [-0.25, -0.2) is 0 Å². The molecule has 11 aromatic rings. The molecule has 0 bridgehead atoms. The second kappa shape index (κ2) is 13.7. The molecule has 10 aromatic carbocycles. The van der Waals surface area contributed by atoms with Crippen LogP contribution in [0.3, 0.4) is 0 Å². The summed E-state index contributed by atoms with van der Waals surface area (Å²) in [5.74, 6) is 0. The van der Waals surface area contributed by atoms with Crippen LogP contribution in [0.15, 0.2) is 218 Å². The Morgan fingerprint density at radius 1 is 0.361 bits per heavy atom. The first-order valence-corrected chi connectivity index (χ1v) is 21.3. The molecule has 1 aliphatic rings. The van der Waals surface area contributed by atoms with E-state index in [1.54, 1.807) is 0 Å². The van der Waals surface area contributed by atoms with Crippen molar-refractivity contribution < 1.29 is 0 Å². The fourth-order valence-electron chi connectivity index (χ4n) is 10.4. The van der Waals surface area contributed by atoms with Gasteiger partial charge in [0.2, 0.25) is 0 Å². The molecule has 0 radical (unpaired) electrons. The molecule has 1 heterocycles. The minimum atomic E-state index is -0.0986. The summed E-state index contributed by atoms with van der Waals surface area (Å²) < 4.78 is 2.43. The van der Waals surface area contributed by atoms with Gasteiger partial charge in [0, 0.05) is 38.4 Å². The summed E-state index contributed by atoms with van der Waals surface area (Å²) >= 11 is 0. The second-order valence-corrected chi connectivity index (χ2v) is 16.8. The van der Waals surface area contributed by atoms with Crippen LogP contribution in [0.1, 0.15) is 25.0 Å². The monoisotopic (exact) mass is 778 g/mol. The molecule has 0 fully saturated rings. The molecular formula is C59H42N2. The van der Waals surface area contributed by atoms with E-state index in [0.29, 0.717) is 0 Å². The highest BCUT2D eigenvalue weighted by Crippen LogP contribution is 2.54. The van der Waals surface area contributed by atoms with Crippen LogP contribution in [-0.2, 0) is 5.41 Å². The summed E-state index contributed by atoms with van der Waals surface area (Å²) in [7, 11) is 0. The second-order valence-electron chi connectivity index (χ2n) is 16.8. The quantitative estimate of drug-likeness (QED) is 0.153. The number of anilines is 3. The summed E-state index contributed by atoms with van der Waals surface area (Å²) in [4.78, 5) is 2.49. The molecule has 2 nitrogen and oxygen atoms in total. The molecule has 0 amide bonds. The Morgan fingerprint density at radius 2 is 0.918 bits per heavy atom. The highest BCUT2D eigenvalue weighted by Gasteiger charge is 2.37. The van der Waals surface area contributed by atoms with E-state index < -0.39 is 0 Å². The van der Waals surface area contributed by atoms with Gasteiger partial charge in [-0.1, -0.05) is 190 Å². The van der Waals surface area contributed by atoms with Crippen LogP contribution in [0.5, 0.6) is 0 Å². The Kier molecular flexibility index (Phi) is 7.92. The van der Waals surface area contributed by atoms with E-state index in [2.05, 4.69) is 242 Å². The Labute approximate surface area is 356 Å². The van der Waals surface area contributed by atoms with Crippen LogP contribution < -0.4 is 4.90 Å². The summed E-state index contributed by atoms with van der Waals surface area (Å²) in [5.41, 5.74) is 17.1. The van der Waals surface area contributed by atoms with Crippen molar-refractivity contribution in [3.05, 3.63) is 230 Å². The first kappa shape index (κ1) is 35.3. The smallest absolute Gasteiger partial charge is 0.0541 e. The van der Waals surface area contributed by atoms with Crippen molar-refractivity contribution in [3.63, 3.8) is 0 Å². The average Bonchev–Trinajstić information content (AvgIpc) is 3.78. The number of hydrogen-bond acceptors (Lipinski definition) is 1. The Balaban J connectivity index is 1.07. The van der Waals surface area contributed by atoms with Crippen LogP contribution in [0.25, 0.3) is 82.4 Å². The maximum Gasteiger partial charge on any atom is 0.0541 e. The predicted octanol–water partition coefficient (Wildman–Crippen LogP) is 16.2. The fraction of sp³-hybridized carbons (Fsp3) is 0.0508. The lowest BCUT2D eigenvalue weighted by Gasteiger charge is -2.30. The maximum atomic E-state index is 2.49. The predicted molar refractivity (Wildman–Crippen MR) is 259 cm³/mol. The molecule has 0 saturated carbocycles. The third-order valence-corrected chi connectivity index (χ3v) is 13.2. The molecule has 0 aliphatic heterocycles. The van der Waals surface area contributed by atoms with Crippen LogP contribution in [-0.4, -0.2) is 4.57 Å². The molecule has 2 heteroatoms. The number of rotatable bonds is 6. The largest absolute Gasteiger partial charge is 0.309 e. The van der Waals surface area contributed by atoms with Crippen molar-refractivity contribution in [3.8, 4) is 39.1 Å². The first-order valence-electron chi connectivity index (χ1n) is 21.3. The zero-order valence-corrected chi connectivity index (χ0v) is 34.2. The van der Waals surface area contributed by atoms with Crippen LogP contribution in [0, 0.1) is 0 Å². The van der Waals surface area contributed by atoms with E-state index >= 15 is 0 Å². The van der Waals surface area contributed by atoms with Gasteiger partial charge in [-0.15, -0.1) is 0 Å². The van der Waals surface area contributed by atoms with E-state index in [9.17, 15) is 0 Å². The Bertz CT molecular complexity index is 3460. The zero-order valence-electron chi connectivity index (χ0n) is 34.2. The van der Waals surface area contributed by atoms with Crippen LogP contribution in [0.4, 0.5) is 17.1 Å². The lowest BCUT2D eigenvalue weighted by molar-refractivity contribution is 0.660. The third-order valence-electron chi connectivity index (χ3n) is 13.2. The number of nitrogens with zero attached hydrogens (tertiary/aromatic N) is 2. The Hall–Kier alpha value is -7.68. The minimum Gasteiger partial charge on any atom is -0.309 e. The molecule has 1 aromatic heterocycles. The van der Waals surface area contributed by atoms with E-state index in [1.807, 2.05) is 0 Å². The SMILES string of the molecule is CC1(C)c2ccccc2-c2c(-c3ccccc3N(c3ccc(-c4ccccc4-n4c5ccccc5c5ccccc54)cc3)c3cccc4c3ccc3ccccc34)cccc21. The van der Waals surface area contributed by atoms with Gasteiger partial charge in [-0.05, 0) is 92.0 Å². The summed E-state index contributed by atoms with van der Waals surface area (Å²) in [6, 6.07) is 80.4. The number of benzene rings is 10. The van der Waals surface area contributed by atoms with E-state index in [4.69, 9.17) is 0 Å². The van der Waals surface area contributed by atoms with E-state index in [1.165, 1.54) is 82.3 Å². The molecule has 0 N–H and O–H groups in total. The molecule has 288 valence electrons. The van der Waals surface area contributed by atoms with E-state index in [0.717, 1.165) is 28.3 Å². The third kappa shape index (κ3) is 5.35. The molecule has 61 heavy (non-hydrogen) atoms. The summed E-state index contributed by atoms with van der Waals surface area (Å²) in [5, 5.41) is 7.47. The van der Waals surface area contributed by atoms with Gasteiger partial charge in [0.25, 0.3) is 0 Å². The highest BCUT2D eigenvalue weighted by atomic mass is 15.1. The lowest BCUT2D eigenvalue weighted by Crippen LogP contribution is -2.15. The summed E-state index contributed by atoms with van der Waals surface area (Å²) in [6.45, 7) is 4.72. The number of hydrogen-bond donors (Lipinski definition) is 0. The van der Waals surface area contributed by atoms with Gasteiger partial charge in [0.05, 0.1) is 28.1 Å². The van der Waals surface area contributed by atoms with Crippen LogP contribution in [0.2, 0.25) is 0 Å². The molecule has 0 atom stereocenters. The van der Waals surface area contributed by atoms with Gasteiger partial charge in [-0.2, -0.15) is 0 Å². The Morgan fingerprint density at radius 3 is 1.70 bits per heavy atom. The first-order chi connectivity index (χ1) is 30.1. The maximum absolute atomic E-state index is 2.49. The fourth-order valence-corrected chi connectivity index (χ4v) is 10.4. The van der Waals surface area contributed by atoms with Crippen molar-refractivity contribution >= 4 is 60.4 Å². The highest BCUT2D eigenvalue weighted by molar-refractivity contribution is 6.14. The van der Waals surface area contributed by atoms with Gasteiger partial charge < -0.3 is 9.47 Å². The van der Waals surface area contributed by atoms with Crippen molar-refractivity contribution in [1.82, 2.24) is 4.57 Å². The molecule has 0 spiro atoms. The average molecular weight is 779 g/mol. The van der Waals surface area contributed by atoms with Gasteiger partial charge in [-0.3, -0.25) is 0 Å². The number of aromatic nitrogens is 1. The molecule has 0 saturated heterocycles.